The number of ether oxygens (including phenoxy) is 1. The highest BCUT2D eigenvalue weighted by atomic mass is 32.2. The standard InChI is InChI=1S/C16H16N2O4S2/c1-3-10-24(19,20)22-18-16-13(8-9-23-16)14(11-17)12-6-4-5-7-15(12)21-2/h4-9H,3,10H2,1-2H3/b14-13+,18-16-. The zero-order valence-corrected chi connectivity index (χ0v) is 14.9. The van der Waals surface area contributed by atoms with Crippen molar-refractivity contribution in [2.45, 2.75) is 13.3 Å². The van der Waals surface area contributed by atoms with Gasteiger partial charge in [0.15, 0.2) is 0 Å². The Morgan fingerprint density at radius 3 is 2.79 bits per heavy atom. The number of para-hydroxylation sites is 1. The Bertz CT molecular complexity index is 849. The zero-order chi connectivity index (χ0) is 17.6. The maximum atomic E-state index is 11.6. The van der Waals surface area contributed by atoms with Gasteiger partial charge in [0.2, 0.25) is 0 Å². The van der Waals surface area contributed by atoms with E-state index < -0.39 is 10.1 Å². The Kier molecular flexibility index (Phi) is 6.06. The van der Waals surface area contributed by atoms with Crippen molar-refractivity contribution < 1.29 is 17.4 Å². The molecular formula is C16H16N2O4S2. The van der Waals surface area contributed by atoms with Gasteiger partial charge in [-0.15, -0.1) is 0 Å². The molecule has 0 saturated carbocycles. The normalized spacial score (nSPS) is 17.6. The van der Waals surface area contributed by atoms with E-state index in [1.54, 1.807) is 42.7 Å². The number of hydrogen-bond donors (Lipinski definition) is 0. The van der Waals surface area contributed by atoms with E-state index in [2.05, 4.69) is 11.2 Å². The molecule has 1 aliphatic heterocycles. The van der Waals surface area contributed by atoms with E-state index in [1.807, 2.05) is 0 Å². The maximum Gasteiger partial charge on any atom is 0.328 e. The molecule has 1 aliphatic rings. The summed E-state index contributed by atoms with van der Waals surface area (Å²) in [5.41, 5.74) is 1.44. The minimum Gasteiger partial charge on any atom is -0.496 e. The highest BCUT2D eigenvalue weighted by molar-refractivity contribution is 8.17. The molecular weight excluding hydrogens is 348 g/mol. The molecule has 6 nitrogen and oxygen atoms in total. The summed E-state index contributed by atoms with van der Waals surface area (Å²) in [5.74, 6) is 0.434. The fourth-order valence-corrected chi connectivity index (χ4v) is 3.58. The molecule has 0 unspecified atom stereocenters. The second-order valence-corrected chi connectivity index (χ2v) is 7.32. The Hall–Kier alpha value is -2.24. The van der Waals surface area contributed by atoms with Crippen LogP contribution in [-0.2, 0) is 14.4 Å². The third kappa shape index (κ3) is 4.19. The highest BCUT2D eigenvalue weighted by Crippen LogP contribution is 2.34. The molecule has 8 heteroatoms. The van der Waals surface area contributed by atoms with Gasteiger partial charge in [0.1, 0.15) is 16.9 Å². The van der Waals surface area contributed by atoms with Crippen LogP contribution in [0.15, 0.2) is 46.5 Å². The first kappa shape index (κ1) is 18.1. The minimum absolute atomic E-state index is 0.113. The number of benzene rings is 1. The largest absolute Gasteiger partial charge is 0.496 e. The Balaban J connectivity index is 2.44. The van der Waals surface area contributed by atoms with E-state index in [9.17, 15) is 13.7 Å². The Labute approximate surface area is 145 Å². The van der Waals surface area contributed by atoms with E-state index in [1.165, 1.54) is 18.9 Å². The fourth-order valence-electron chi connectivity index (χ4n) is 2.06. The summed E-state index contributed by atoms with van der Waals surface area (Å²) in [7, 11) is -2.19. The van der Waals surface area contributed by atoms with Crippen molar-refractivity contribution in [1.29, 1.82) is 5.26 Å². The van der Waals surface area contributed by atoms with Gasteiger partial charge in [-0.1, -0.05) is 36.0 Å². The smallest absolute Gasteiger partial charge is 0.328 e. The molecule has 0 saturated heterocycles. The van der Waals surface area contributed by atoms with Crippen molar-refractivity contribution >= 4 is 32.5 Å². The first-order valence-corrected chi connectivity index (χ1v) is 9.58. The summed E-state index contributed by atoms with van der Waals surface area (Å²) in [6, 6.07) is 9.24. The fraction of sp³-hybridized carbons (Fsp3) is 0.250. The van der Waals surface area contributed by atoms with Gasteiger partial charge in [0, 0.05) is 11.1 Å². The van der Waals surface area contributed by atoms with Gasteiger partial charge in [-0.05, 0) is 30.0 Å². The third-order valence-electron chi connectivity index (χ3n) is 3.09. The minimum atomic E-state index is -3.71. The molecule has 2 rings (SSSR count). The summed E-state index contributed by atoms with van der Waals surface area (Å²) in [5, 5.41) is 15.3. The van der Waals surface area contributed by atoms with Crippen LogP contribution < -0.4 is 4.74 Å². The summed E-state index contributed by atoms with van der Waals surface area (Å²) < 4.78 is 33.3. The van der Waals surface area contributed by atoms with Crippen LogP contribution >= 0.6 is 11.8 Å². The molecule has 0 N–H and O–H groups in total. The molecule has 0 bridgehead atoms. The summed E-state index contributed by atoms with van der Waals surface area (Å²) >= 11 is 1.19. The molecule has 0 aliphatic carbocycles. The quantitative estimate of drug-likeness (QED) is 0.568. The summed E-state index contributed by atoms with van der Waals surface area (Å²) in [4.78, 5) is 0. The van der Waals surface area contributed by atoms with Gasteiger partial charge in [0.25, 0.3) is 0 Å². The average molecular weight is 364 g/mol. The van der Waals surface area contributed by atoms with E-state index in [-0.39, 0.29) is 5.75 Å². The Morgan fingerprint density at radius 1 is 1.38 bits per heavy atom. The van der Waals surface area contributed by atoms with E-state index in [4.69, 9.17) is 9.02 Å². The molecule has 0 amide bonds. The second kappa shape index (κ2) is 8.04. The van der Waals surface area contributed by atoms with Crippen LogP contribution in [0.3, 0.4) is 0 Å². The van der Waals surface area contributed by atoms with Crippen LogP contribution in [-0.4, -0.2) is 26.3 Å². The number of nitrogens with zero attached hydrogens (tertiary/aromatic N) is 2. The van der Waals surface area contributed by atoms with Crippen molar-refractivity contribution in [2.75, 3.05) is 12.9 Å². The molecule has 24 heavy (non-hydrogen) atoms. The summed E-state index contributed by atoms with van der Waals surface area (Å²) in [6.07, 6.45) is 2.14. The maximum absolute atomic E-state index is 11.6. The lowest BCUT2D eigenvalue weighted by Gasteiger charge is -2.09. The van der Waals surface area contributed by atoms with E-state index in [0.717, 1.165) is 0 Å². The van der Waals surface area contributed by atoms with Gasteiger partial charge in [0.05, 0.1) is 18.4 Å². The van der Waals surface area contributed by atoms with Gasteiger partial charge in [-0.3, -0.25) is 4.28 Å². The lowest BCUT2D eigenvalue weighted by molar-refractivity contribution is 0.340. The van der Waals surface area contributed by atoms with Crippen molar-refractivity contribution in [3.63, 3.8) is 0 Å². The van der Waals surface area contributed by atoms with Crippen LogP contribution in [0, 0.1) is 11.3 Å². The third-order valence-corrected chi connectivity index (χ3v) is 5.09. The number of thioether (sulfide) groups is 1. The lowest BCUT2D eigenvalue weighted by Crippen LogP contribution is -2.08. The van der Waals surface area contributed by atoms with Gasteiger partial charge >= 0.3 is 10.1 Å². The highest BCUT2D eigenvalue weighted by Gasteiger charge is 2.21. The first-order chi connectivity index (χ1) is 11.5. The first-order valence-electron chi connectivity index (χ1n) is 7.13. The molecule has 0 fully saturated rings. The zero-order valence-electron chi connectivity index (χ0n) is 13.2. The molecule has 0 atom stereocenters. The van der Waals surface area contributed by atoms with E-state index in [0.29, 0.717) is 33.9 Å². The Morgan fingerprint density at radius 2 is 2.12 bits per heavy atom. The van der Waals surface area contributed by atoms with Gasteiger partial charge in [-0.2, -0.15) is 13.7 Å². The van der Waals surface area contributed by atoms with Crippen molar-refractivity contribution in [2.24, 2.45) is 5.16 Å². The van der Waals surface area contributed by atoms with Gasteiger partial charge < -0.3 is 4.74 Å². The van der Waals surface area contributed by atoms with Crippen LogP contribution in [0.5, 0.6) is 5.75 Å². The molecule has 0 spiro atoms. The predicted molar refractivity (Wildman–Crippen MR) is 94.9 cm³/mol. The average Bonchev–Trinajstić information content (AvgIpc) is 3.03. The molecule has 126 valence electrons. The lowest BCUT2D eigenvalue weighted by atomic mass is 10.0. The second-order valence-electron chi connectivity index (χ2n) is 4.75. The number of methoxy groups -OCH3 is 1. The van der Waals surface area contributed by atoms with Crippen LogP contribution in [0.2, 0.25) is 0 Å². The molecule has 0 aromatic heterocycles. The molecule has 1 heterocycles. The van der Waals surface area contributed by atoms with E-state index >= 15 is 0 Å². The van der Waals surface area contributed by atoms with Crippen molar-refractivity contribution in [3.05, 3.63) is 46.9 Å². The molecule has 0 radical (unpaired) electrons. The van der Waals surface area contributed by atoms with Crippen molar-refractivity contribution in [3.8, 4) is 11.8 Å². The topological polar surface area (TPSA) is 88.8 Å². The molecule has 1 aromatic carbocycles. The molecule has 1 aromatic rings. The van der Waals surface area contributed by atoms with Crippen molar-refractivity contribution in [1.82, 2.24) is 0 Å². The van der Waals surface area contributed by atoms with Crippen LogP contribution in [0.25, 0.3) is 5.57 Å². The number of nitriles is 1. The van der Waals surface area contributed by atoms with Gasteiger partial charge in [-0.25, -0.2) is 0 Å². The number of hydrogen-bond acceptors (Lipinski definition) is 7. The summed E-state index contributed by atoms with van der Waals surface area (Å²) in [6.45, 7) is 1.74. The number of rotatable bonds is 6. The number of oxime groups is 1. The van der Waals surface area contributed by atoms with Crippen LogP contribution in [0.1, 0.15) is 18.9 Å². The van der Waals surface area contributed by atoms with Crippen LogP contribution in [0.4, 0.5) is 0 Å². The monoisotopic (exact) mass is 364 g/mol. The predicted octanol–water partition coefficient (Wildman–Crippen LogP) is 3.30. The number of allylic oxidation sites excluding steroid dienone is 2. The SMILES string of the molecule is CCCS(=O)(=O)O/N=C1\SC=C\C1=C(\C#N)c1ccccc1OC.